The lowest BCUT2D eigenvalue weighted by Crippen LogP contribution is -2.44. The molecule has 2 aliphatic rings. The molecule has 4 aromatic rings. The van der Waals surface area contributed by atoms with Crippen molar-refractivity contribution in [2.75, 3.05) is 31.1 Å². The molecule has 6 rings (SSSR count). The van der Waals surface area contributed by atoms with E-state index in [0.29, 0.717) is 0 Å². The molecule has 202 valence electrons. The van der Waals surface area contributed by atoms with Gasteiger partial charge in [-0.15, -0.1) is 11.3 Å². The molecule has 3 heterocycles. The Morgan fingerprint density at radius 2 is 1.64 bits per heavy atom. The van der Waals surface area contributed by atoms with Gasteiger partial charge >= 0.3 is 0 Å². The summed E-state index contributed by atoms with van der Waals surface area (Å²) in [7, 11) is 0. The summed E-state index contributed by atoms with van der Waals surface area (Å²) in [5.41, 5.74) is 3.94. The lowest BCUT2D eigenvalue weighted by molar-refractivity contribution is 0.0913. The van der Waals surface area contributed by atoms with E-state index < -0.39 is 0 Å². The molecule has 1 amide bonds. The Hall–Kier alpha value is -3.35. The number of amides is 1. The number of rotatable bonds is 7. The third-order valence-corrected chi connectivity index (χ3v) is 9.13. The zero-order valence-electron chi connectivity index (χ0n) is 22.6. The average Bonchev–Trinajstić information content (AvgIpc) is 3.39. The van der Waals surface area contributed by atoms with Gasteiger partial charge in [-0.05, 0) is 67.1 Å². The molecule has 3 aromatic carbocycles. The van der Waals surface area contributed by atoms with E-state index in [-0.39, 0.29) is 18.1 Å². The van der Waals surface area contributed by atoms with Gasteiger partial charge in [0.1, 0.15) is 11.9 Å². The Kier molecular flexibility index (Phi) is 7.84. The van der Waals surface area contributed by atoms with Crippen LogP contribution in [-0.4, -0.2) is 49.1 Å². The van der Waals surface area contributed by atoms with Crippen LogP contribution in [0.1, 0.15) is 46.5 Å². The predicted molar refractivity (Wildman–Crippen MR) is 161 cm³/mol. The minimum absolute atomic E-state index is 0.0451. The second-order valence-electron chi connectivity index (χ2n) is 11.0. The second kappa shape index (κ2) is 11.8. The van der Waals surface area contributed by atoms with Gasteiger partial charge in [0.05, 0.1) is 4.88 Å². The fraction of sp³-hybridized carbons (Fsp3) is 0.364. The number of hydrogen-bond donors (Lipinski definition) is 1. The number of carbonyl (C=O) groups excluding carboxylic acids is 1. The van der Waals surface area contributed by atoms with Gasteiger partial charge in [-0.2, -0.15) is 0 Å². The third-order valence-electron chi connectivity index (χ3n) is 8.03. The summed E-state index contributed by atoms with van der Waals surface area (Å²) in [6, 6.07) is 27.9. The number of aryl methyl sites for hydroxylation is 1. The molecule has 6 heteroatoms. The van der Waals surface area contributed by atoms with Crippen molar-refractivity contribution in [3.63, 3.8) is 0 Å². The highest BCUT2D eigenvalue weighted by Crippen LogP contribution is 2.31. The Morgan fingerprint density at radius 3 is 2.38 bits per heavy atom. The largest absolute Gasteiger partial charge is 0.490 e. The summed E-state index contributed by atoms with van der Waals surface area (Å²) in [5, 5.41) is 4.39. The van der Waals surface area contributed by atoms with Gasteiger partial charge < -0.3 is 15.0 Å². The Balaban J connectivity index is 0.999. The summed E-state index contributed by atoms with van der Waals surface area (Å²) < 4.78 is 7.49. The van der Waals surface area contributed by atoms with Crippen LogP contribution in [0.4, 0.5) is 5.69 Å². The summed E-state index contributed by atoms with van der Waals surface area (Å²) in [5.74, 6) is 0.944. The Bertz CT molecular complexity index is 1390. The normalized spacial score (nSPS) is 17.4. The van der Waals surface area contributed by atoms with Crippen molar-refractivity contribution in [1.29, 1.82) is 0 Å². The first-order valence-corrected chi connectivity index (χ1v) is 15.0. The highest BCUT2D eigenvalue weighted by molar-refractivity contribution is 7.20. The number of ether oxygens (including phenoxy) is 1. The molecule has 0 spiro atoms. The fourth-order valence-electron chi connectivity index (χ4n) is 5.71. The van der Waals surface area contributed by atoms with Crippen LogP contribution in [0, 0.1) is 6.92 Å². The number of benzene rings is 3. The third kappa shape index (κ3) is 6.45. The van der Waals surface area contributed by atoms with Gasteiger partial charge in [-0.1, -0.05) is 48.0 Å². The number of piperidine rings is 2. The fourth-order valence-corrected chi connectivity index (χ4v) is 6.70. The lowest BCUT2D eigenvalue weighted by Gasteiger charge is -2.33. The van der Waals surface area contributed by atoms with E-state index in [0.717, 1.165) is 79.1 Å². The van der Waals surface area contributed by atoms with Crippen molar-refractivity contribution in [3.8, 4) is 5.75 Å². The molecule has 1 N–H and O–H groups in total. The highest BCUT2D eigenvalue weighted by atomic mass is 32.1. The van der Waals surface area contributed by atoms with E-state index in [1.54, 1.807) is 11.3 Å². The minimum atomic E-state index is 0.0451. The Labute approximate surface area is 235 Å². The Morgan fingerprint density at radius 1 is 0.897 bits per heavy atom. The molecule has 0 radical (unpaired) electrons. The lowest BCUT2D eigenvalue weighted by atomic mass is 10.0. The zero-order chi connectivity index (χ0) is 26.6. The van der Waals surface area contributed by atoms with Crippen LogP contribution in [0.25, 0.3) is 10.1 Å². The first-order chi connectivity index (χ1) is 19.1. The number of nitrogens with one attached hydrogen (secondary N) is 1. The number of anilines is 1. The summed E-state index contributed by atoms with van der Waals surface area (Å²) in [4.78, 5) is 18.8. The number of thiophene rings is 1. The molecule has 2 saturated heterocycles. The van der Waals surface area contributed by atoms with E-state index in [2.05, 4.69) is 88.8 Å². The standard InChI is InChI=1S/C33H37N3O2S/c1-24-7-10-28(11-8-24)36-19-15-29(16-20-36)38-30-12-9-26-21-32(39-31(26)22-30)33(37)34-27-13-17-35(18-14-27)23-25-5-3-2-4-6-25/h2-12,21-22,27,29H,13-20,23H2,1H3,(H,34,37). The van der Waals surface area contributed by atoms with Crippen molar-refractivity contribution in [2.24, 2.45) is 0 Å². The molecule has 39 heavy (non-hydrogen) atoms. The van der Waals surface area contributed by atoms with Gasteiger partial charge in [0.2, 0.25) is 0 Å². The molecule has 0 atom stereocenters. The summed E-state index contributed by atoms with van der Waals surface area (Å²) in [6.45, 7) is 7.14. The van der Waals surface area contributed by atoms with E-state index in [4.69, 9.17) is 4.74 Å². The van der Waals surface area contributed by atoms with Gasteiger partial charge in [0.25, 0.3) is 5.91 Å². The molecule has 2 aliphatic heterocycles. The van der Waals surface area contributed by atoms with Crippen LogP contribution in [0.3, 0.4) is 0 Å². The molecule has 2 fully saturated rings. The number of likely N-dealkylation sites (tertiary alicyclic amines) is 1. The number of hydrogen-bond acceptors (Lipinski definition) is 5. The van der Waals surface area contributed by atoms with E-state index >= 15 is 0 Å². The van der Waals surface area contributed by atoms with Crippen LogP contribution in [-0.2, 0) is 6.54 Å². The summed E-state index contributed by atoms with van der Waals surface area (Å²) >= 11 is 1.56. The van der Waals surface area contributed by atoms with Crippen LogP contribution in [0.2, 0.25) is 0 Å². The number of nitrogens with zero attached hydrogens (tertiary/aromatic N) is 2. The van der Waals surface area contributed by atoms with Crippen LogP contribution < -0.4 is 15.0 Å². The molecular formula is C33H37N3O2S. The average molecular weight is 540 g/mol. The molecular weight excluding hydrogens is 502 g/mol. The smallest absolute Gasteiger partial charge is 0.261 e. The first kappa shape index (κ1) is 25.9. The first-order valence-electron chi connectivity index (χ1n) is 14.2. The maximum absolute atomic E-state index is 13.1. The molecule has 0 saturated carbocycles. The SMILES string of the molecule is Cc1ccc(N2CCC(Oc3ccc4cc(C(=O)NC5CCN(Cc6ccccc6)CC5)sc4c3)CC2)cc1. The minimum Gasteiger partial charge on any atom is -0.490 e. The molecule has 0 unspecified atom stereocenters. The number of fused-ring (bicyclic) bond motifs is 1. The van der Waals surface area contributed by atoms with Crippen molar-refractivity contribution >= 4 is 33.0 Å². The molecule has 5 nitrogen and oxygen atoms in total. The topological polar surface area (TPSA) is 44.8 Å². The second-order valence-corrected chi connectivity index (χ2v) is 12.0. The van der Waals surface area contributed by atoms with Crippen LogP contribution in [0.5, 0.6) is 5.75 Å². The zero-order valence-corrected chi connectivity index (χ0v) is 23.5. The van der Waals surface area contributed by atoms with Crippen LogP contribution in [0.15, 0.2) is 78.9 Å². The number of carbonyl (C=O) groups is 1. The highest BCUT2D eigenvalue weighted by Gasteiger charge is 2.23. The predicted octanol–water partition coefficient (Wildman–Crippen LogP) is 6.65. The molecule has 1 aromatic heterocycles. The maximum atomic E-state index is 13.1. The summed E-state index contributed by atoms with van der Waals surface area (Å²) in [6.07, 6.45) is 4.22. The monoisotopic (exact) mass is 539 g/mol. The van der Waals surface area contributed by atoms with Gasteiger partial charge in [-0.3, -0.25) is 9.69 Å². The van der Waals surface area contributed by atoms with Gasteiger partial charge in [0, 0.05) is 62.0 Å². The van der Waals surface area contributed by atoms with E-state index in [1.807, 2.05) is 12.1 Å². The van der Waals surface area contributed by atoms with Crippen molar-refractivity contribution in [3.05, 3.63) is 94.9 Å². The molecule has 0 aliphatic carbocycles. The quantitative estimate of drug-likeness (QED) is 0.286. The van der Waals surface area contributed by atoms with Crippen molar-refractivity contribution in [1.82, 2.24) is 10.2 Å². The molecule has 0 bridgehead atoms. The van der Waals surface area contributed by atoms with Crippen molar-refractivity contribution < 1.29 is 9.53 Å². The maximum Gasteiger partial charge on any atom is 0.261 e. The van der Waals surface area contributed by atoms with E-state index in [1.165, 1.54) is 16.8 Å². The van der Waals surface area contributed by atoms with Gasteiger partial charge in [0.15, 0.2) is 0 Å². The van der Waals surface area contributed by atoms with E-state index in [9.17, 15) is 4.79 Å². The van der Waals surface area contributed by atoms with Crippen LogP contribution >= 0.6 is 11.3 Å². The van der Waals surface area contributed by atoms with Crippen molar-refractivity contribution in [2.45, 2.75) is 51.3 Å². The van der Waals surface area contributed by atoms with Gasteiger partial charge in [-0.25, -0.2) is 0 Å².